The standard InChI is InChI=1S/C23H29N3O3/c1-23(2,3)29-22(28)26-16-14-25(15-17-26)21(27)24-20(18-10-6-4-7-11-18)19-12-8-5-9-13-19/h4-13,20H,14-17H2,1-3H3,(H,24,27). The molecule has 0 unspecified atom stereocenters. The van der Waals surface area contributed by atoms with Crippen LogP contribution in [-0.2, 0) is 4.74 Å². The summed E-state index contributed by atoms with van der Waals surface area (Å²) in [6.07, 6.45) is -0.330. The number of carbonyl (C=O) groups excluding carboxylic acids is 2. The first kappa shape index (κ1) is 20.7. The fraction of sp³-hybridized carbons (Fsp3) is 0.391. The predicted molar refractivity (Wildman–Crippen MR) is 113 cm³/mol. The normalized spacial score (nSPS) is 14.6. The van der Waals surface area contributed by atoms with Crippen LogP contribution in [0.25, 0.3) is 0 Å². The van der Waals surface area contributed by atoms with Crippen LogP contribution in [0.2, 0.25) is 0 Å². The van der Waals surface area contributed by atoms with Gasteiger partial charge in [0.25, 0.3) is 0 Å². The van der Waals surface area contributed by atoms with Crippen LogP contribution in [0, 0.1) is 0 Å². The lowest BCUT2D eigenvalue weighted by Gasteiger charge is -2.36. The Morgan fingerprint density at radius 2 is 1.28 bits per heavy atom. The minimum Gasteiger partial charge on any atom is -0.444 e. The van der Waals surface area contributed by atoms with Crippen LogP contribution in [0.15, 0.2) is 60.7 Å². The van der Waals surface area contributed by atoms with Crippen molar-refractivity contribution in [2.45, 2.75) is 32.4 Å². The zero-order chi connectivity index (χ0) is 20.9. The smallest absolute Gasteiger partial charge is 0.410 e. The van der Waals surface area contributed by atoms with E-state index in [0.29, 0.717) is 26.2 Å². The third-order valence-electron chi connectivity index (χ3n) is 4.75. The van der Waals surface area contributed by atoms with Crippen LogP contribution in [0.5, 0.6) is 0 Å². The highest BCUT2D eigenvalue weighted by Crippen LogP contribution is 2.22. The minimum atomic E-state index is -0.524. The third kappa shape index (κ3) is 5.73. The Balaban J connectivity index is 1.63. The maximum absolute atomic E-state index is 12.9. The Bertz CT molecular complexity index is 771. The number of hydrogen-bond acceptors (Lipinski definition) is 3. The van der Waals surface area contributed by atoms with Gasteiger partial charge < -0.3 is 19.9 Å². The van der Waals surface area contributed by atoms with E-state index in [9.17, 15) is 9.59 Å². The number of benzene rings is 2. The van der Waals surface area contributed by atoms with Crippen molar-refractivity contribution in [1.29, 1.82) is 0 Å². The number of nitrogens with one attached hydrogen (secondary N) is 1. The largest absolute Gasteiger partial charge is 0.444 e. The molecule has 6 nitrogen and oxygen atoms in total. The summed E-state index contributed by atoms with van der Waals surface area (Å²) in [5, 5.41) is 3.15. The van der Waals surface area contributed by atoms with E-state index in [0.717, 1.165) is 11.1 Å². The molecular weight excluding hydrogens is 366 g/mol. The quantitative estimate of drug-likeness (QED) is 0.853. The van der Waals surface area contributed by atoms with Crippen LogP contribution >= 0.6 is 0 Å². The second-order valence-corrected chi connectivity index (χ2v) is 8.16. The first-order chi connectivity index (χ1) is 13.8. The van der Waals surface area contributed by atoms with Gasteiger partial charge in [0.15, 0.2) is 0 Å². The number of carbonyl (C=O) groups is 2. The Kier molecular flexibility index (Phi) is 6.42. The van der Waals surface area contributed by atoms with Crippen LogP contribution < -0.4 is 5.32 Å². The van der Waals surface area contributed by atoms with Gasteiger partial charge in [-0.3, -0.25) is 0 Å². The third-order valence-corrected chi connectivity index (χ3v) is 4.75. The van der Waals surface area contributed by atoms with Gasteiger partial charge in [-0.2, -0.15) is 0 Å². The van der Waals surface area contributed by atoms with Crippen molar-refractivity contribution < 1.29 is 14.3 Å². The highest BCUT2D eigenvalue weighted by Gasteiger charge is 2.28. The summed E-state index contributed by atoms with van der Waals surface area (Å²) in [4.78, 5) is 28.6. The van der Waals surface area contributed by atoms with Crippen molar-refractivity contribution in [3.8, 4) is 0 Å². The fourth-order valence-electron chi connectivity index (χ4n) is 3.28. The summed E-state index contributed by atoms with van der Waals surface area (Å²) in [5.41, 5.74) is 1.53. The van der Waals surface area contributed by atoms with E-state index in [-0.39, 0.29) is 18.2 Å². The highest BCUT2D eigenvalue weighted by molar-refractivity contribution is 5.76. The highest BCUT2D eigenvalue weighted by atomic mass is 16.6. The summed E-state index contributed by atoms with van der Waals surface area (Å²) in [5.74, 6) is 0. The van der Waals surface area contributed by atoms with E-state index in [2.05, 4.69) is 5.32 Å². The minimum absolute atomic E-state index is 0.133. The molecule has 2 aromatic rings. The van der Waals surface area contributed by atoms with Gasteiger partial charge in [0.1, 0.15) is 5.60 Å². The average molecular weight is 396 g/mol. The maximum atomic E-state index is 12.9. The Labute approximate surface area is 172 Å². The molecule has 1 N–H and O–H groups in total. The lowest BCUT2D eigenvalue weighted by molar-refractivity contribution is 0.0169. The van der Waals surface area contributed by atoms with Crippen molar-refractivity contribution >= 4 is 12.1 Å². The van der Waals surface area contributed by atoms with Crippen molar-refractivity contribution in [2.75, 3.05) is 26.2 Å². The van der Waals surface area contributed by atoms with Crippen LogP contribution in [0.4, 0.5) is 9.59 Å². The summed E-state index contributed by atoms with van der Waals surface area (Å²) in [7, 11) is 0. The van der Waals surface area contributed by atoms with Crippen LogP contribution in [0.1, 0.15) is 37.9 Å². The molecular formula is C23H29N3O3. The summed E-state index contributed by atoms with van der Waals surface area (Å²) < 4.78 is 5.42. The molecule has 3 rings (SSSR count). The fourth-order valence-corrected chi connectivity index (χ4v) is 3.28. The average Bonchev–Trinajstić information content (AvgIpc) is 2.72. The molecule has 0 aliphatic carbocycles. The van der Waals surface area contributed by atoms with Crippen molar-refractivity contribution in [1.82, 2.24) is 15.1 Å². The zero-order valence-corrected chi connectivity index (χ0v) is 17.3. The van der Waals surface area contributed by atoms with Gasteiger partial charge in [-0.25, -0.2) is 9.59 Å². The number of ether oxygens (including phenoxy) is 1. The van der Waals surface area contributed by atoms with Gasteiger partial charge in [-0.05, 0) is 31.9 Å². The van der Waals surface area contributed by atoms with Gasteiger partial charge >= 0.3 is 12.1 Å². The van der Waals surface area contributed by atoms with Crippen LogP contribution in [0.3, 0.4) is 0 Å². The monoisotopic (exact) mass is 395 g/mol. The molecule has 154 valence electrons. The SMILES string of the molecule is CC(C)(C)OC(=O)N1CCN(C(=O)NC(c2ccccc2)c2ccccc2)CC1. The van der Waals surface area contributed by atoms with E-state index in [1.165, 1.54) is 0 Å². The molecule has 29 heavy (non-hydrogen) atoms. The van der Waals surface area contributed by atoms with Gasteiger partial charge in [-0.1, -0.05) is 60.7 Å². The van der Waals surface area contributed by atoms with E-state index >= 15 is 0 Å². The number of nitrogens with zero attached hydrogens (tertiary/aromatic N) is 2. The first-order valence-electron chi connectivity index (χ1n) is 9.97. The van der Waals surface area contributed by atoms with Gasteiger partial charge in [0, 0.05) is 26.2 Å². The van der Waals surface area contributed by atoms with Crippen molar-refractivity contribution in [3.63, 3.8) is 0 Å². The van der Waals surface area contributed by atoms with E-state index < -0.39 is 5.60 Å². The van der Waals surface area contributed by atoms with Gasteiger partial charge in [0.05, 0.1) is 6.04 Å². The van der Waals surface area contributed by atoms with Gasteiger partial charge in [0.2, 0.25) is 0 Å². The molecule has 0 radical (unpaired) electrons. The Morgan fingerprint density at radius 1 is 0.828 bits per heavy atom. The number of rotatable bonds is 3. The Morgan fingerprint density at radius 3 is 1.72 bits per heavy atom. The lowest BCUT2D eigenvalue weighted by Crippen LogP contribution is -2.54. The molecule has 2 aromatic carbocycles. The number of urea groups is 1. The first-order valence-corrected chi connectivity index (χ1v) is 9.97. The number of hydrogen-bond donors (Lipinski definition) is 1. The summed E-state index contributed by atoms with van der Waals surface area (Å²) >= 11 is 0. The molecule has 0 bridgehead atoms. The second kappa shape index (κ2) is 8.99. The summed E-state index contributed by atoms with van der Waals surface area (Å²) in [6.45, 7) is 7.42. The predicted octanol–water partition coefficient (Wildman–Crippen LogP) is 4.04. The zero-order valence-electron chi connectivity index (χ0n) is 17.3. The topological polar surface area (TPSA) is 61.9 Å². The van der Waals surface area contributed by atoms with Crippen LogP contribution in [-0.4, -0.2) is 53.7 Å². The van der Waals surface area contributed by atoms with Crippen molar-refractivity contribution in [3.05, 3.63) is 71.8 Å². The molecule has 0 spiro atoms. The molecule has 6 heteroatoms. The molecule has 1 aliphatic heterocycles. The molecule has 1 aliphatic rings. The molecule has 0 saturated carbocycles. The number of amides is 3. The molecule has 1 fully saturated rings. The molecule has 1 heterocycles. The number of piperazine rings is 1. The lowest BCUT2D eigenvalue weighted by atomic mass is 9.99. The molecule has 1 saturated heterocycles. The Hall–Kier alpha value is -3.02. The molecule has 3 amide bonds. The van der Waals surface area contributed by atoms with E-state index in [1.807, 2.05) is 81.4 Å². The molecule has 0 aromatic heterocycles. The van der Waals surface area contributed by atoms with E-state index in [1.54, 1.807) is 9.80 Å². The second-order valence-electron chi connectivity index (χ2n) is 8.16. The maximum Gasteiger partial charge on any atom is 0.410 e. The summed E-state index contributed by atoms with van der Waals surface area (Å²) in [6, 6.07) is 19.5. The van der Waals surface area contributed by atoms with Gasteiger partial charge in [-0.15, -0.1) is 0 Å². The van der Waals surface area contributed by atoms with E-state index in [4.69, 9.17) is 4.74 Å². The molecule has 0 atom stereocenters. The van der Waals surface area contributed by atoms with Crippen molar-refractivity contribution in [2.24, 2.45) is 0 Å².